The molecule has 1 fully saturated rings. The topological polar surface area (TPSA) is 93.5 Å². The van der Waals surface area contributed by atoms with Crippen molar-refractivity contribution in [2.45, 2.75) is 24.8 Å². The van der Waals surface area contributed by atoms with Gasteiger partial charge in [-0.15, -0.1) is 10.2 Å². The van der Waals surface area contributed by atoms with Crippen molar-refractivity contribution in [3.8, 4) is 0 Å². The maximum absolute atomic E-state index is 10.8. The Morgan fingerprint density at radius 3 is 2.88 bits per heavy atom. The first-order valence-electron chi connectivity index (χ1n) is 5.50. The number of hydrogen-bond donors (Lipinski definition) is 2. The Labute approximate surface area is 97.1 Å². The number of fused-ring (bicyclic) bond motifs is 1. The first kappa shape index (κ1) is 10.2. The predicted octanol–water partition coefficient (Wildman–Crippen LogP) is 0.691. The van der Waals surface area contributed by atoms with Gasteiger partial charge in [0.1, 0.15) is 11.9 Å². The quantitative estimate of drug-likeness (QED) is 0.812. The van der Waals surface area contributed by atoms with Crippen molar-refractivity contribution in [2.24, 2.45) is 5.73 Å². The smallest absolute Gasteiger partial charge is 0.325 e. The van der Waals surface area contributed by atoms with E-state index in [1.807, 2.05) is 4.40 Å². The van der Waals surface area contributed by atoms with Crippen molar-refractivity contribution < 1.29 is 9.90 Å². The fourth-order valence-electron chi connectivity index (χ4n) is 1.87. The zero-order valence-electron chi connectivity index (χ0n) is 9.08. The fourth-order valence-corrected chi connectivity index (χ4v) is 1.87. The van der Waals surface area contributed by atoms with E-state index in [1.165, 1.54) is 0 Å². The van der Waals surface area contributed by atoms with Crippen molar-refractivity contribution in [3.05, 3.63) is 29.7 Å². The number of carboxylic acid groups (broad SMARTS) is 1. The molecular formula is C11H12N4O2. The third kappa shape index (κ3) is 1.66. The fraction of sp³-hybridized carbons (Fsp3) is 0.364. The summed E-state index contributed by atoms with van der Waals surface area (Å²) in [5, 5.41) is 17.1. The monoisotopic (exact) mass is 232 g/mol. The van der Waals surface area contributed by atoms with E-state index >= 15 is 0 Å². The van der Waals surface area contributed by atoms with E-state index in [2.05, 4.69) is 10.2 Å². The summed E-state index contributed by atoms with van der Waals surface area (Å²) in [6.45, 7) is 0. The van der Waals surface area contributed by atoms with E-state index in [-0.39, 0.29) is 0 Å². The van der Waals surface area contributed by atoms with E-state index in [0.717, 1.165) is 24.3 Å². The van der Waals surface area contributed by atoms with Crippen LogP contribution in [-0.4, -0.2) is 25.7 Å². The highest BCUT2D eigenvalue weighted by molar-refractivity contribution is 5.75. The van der Waals surface area contributed by atoms with Gasteiger partial charge in [-0.1, -0.05) is 6.07 Å². The molecule has 2 aromatic heterocycles. The molecule has 1 saturated carbocycles. The minimum atomic E-state index is -1.04. The van der Waals surface area contributed by atoms with Gasteiger partial charge in [-0.2, -0.15) is 0 Å². The maximum atomic E-state index is 10.8. The molecule has 0 amide bonds. The number of aliphatic carboxylic acids is 1. The highest BCUT2D eigenvalue weighted by Crippen LogP contribution is 2.39. The number of hydrogen-bond acceptors (Lipinski definition) is 4. The van der Waals surface area contributed by atoms with Crippen LogP contribution in [0.15, 0.2) is 18.3 Å². The van der Waals surface area contributed by atoms with E-state index in [0.29, 0.717) is 11.5 Å². The van der Waals surface area contributed by atoms with E-state index in [4.69, 9.17) is 10.8 Å². The van der Waals surface area contributed by atoms with Crippen LogP contribution in [0.4, 0.5) is 0 Å². The lowest BCUT2D eigenvalue weighted by Gasteiger charge is -2.07. The Balaban J connectivity index is 2.09. The molecule has 1 unspecified atom stereocenters. The maximum Gasteiger partial charge on any atom is 0.325 e. The summed E-state index contributed by atoms with van der Waals surface area (Å²) in [5.41, 5.74) is 6.88. The number of rotatable bonds is 3. The van der Waals surface area contributed by atoms with Crippen molar-refractivity contribution in [1.82, 2.24) is 14.6 Å². The average Bonchev–Trinajstić information content (AvgIpc) is 3.07. The van der Waals surface area contributed by atoms with Crippen LogP contribution in [-0.2, 0) is 4.79 Å². The van der Waals surface area contributed by atoms with Gasteiger partial charge in [-0.05, 0) is 24.5 Å². The second-order valence-electron chi connectivity index (χ2n) is 4.34. The lowest BCUT2D eigenvalue weighted by atomic mass is 10.1. The molecule has 17 heavy (non-hydrogen) atoms. The van der Waals surface area contributed by atoms with Crippen molar-refractivity contribution >= 4 is 11.6 Å². The van der Waals surface area contributed by atoms with Gasteiger partial charge in [0.15, 0.2) is 5.65 Å². The molecule has 3 N–H and O–H groups in total. The van der Waals surface area contributed by atoms with Gasteiger partial charge in [0.25, 0.3) is 0 Å². The summed E-state index contributed by atoms with van der Waals surface area (Å²) < 4.78 is 1.84. The van der Waals surface area contributed by atoms with Gasteiger partial charge >= 0.3 is 5.97 Å². The first-order chi connectivity index (χ1) is 8.16. The standard InChI is InChI=1S/C11H12N4O2/c12-9(11(16)17)7-3-4-8-13-14-10(6-1-2-6)15(8)5-7/h3-6,9H,1-2,12H2,(H,16,17). The molecule has 0 aliphatic heterocycles. The third-order valence-corrected chi connectivity index (χ3v) is 3.02. The second kappa shape index (κ2) is 3.53. The molecule has 1 aliphatic carbocycles. The van der Waals surface area contributed by atoms with E-state index in [1.54, 1.807) is 18.3 Å². The Hall–Kier alpha value is -1.95. The molecule has 0 aromatic carbocycles. The molecule has 0 radical (unpaired) electrons. The molecule has 6 nitrogen and oxygen atoms in total. The molecule has 2 heterocycles. The molecule has 1 atom stereocenters. The summed E-state index contributed by atoms with van der Waals surface area (Å²) in [6.07, 6.45) is 3.97. The minimum Gasteiger partial charge on any atom is -0.480 e. The zero-order valence-corrected chi connectivity index (χ0v) is 9.08. The van der Waals surface area contributed by atoms with Crippen LogP contribution in [0.2, 0.25) is 0 Å². The highest BCUT2D eigenvalue weighted by atomic mass is 16.4. The van der Waals surface area contributed by atoms with Crippen molar-refractivity contribution in [1.29, 1.82) is 0 Å². The number of nitrogens with two attached hydrogens (primary N) is 1. The predicted molar refractivity (Wildman–Crippen MR) is 59.5 cm³/mol. The Morgan fingerprint density at radius 1 is 1.47 bits per heavy atom. The summed E-state index contributed by atoms with van der Waals surface area (Å²) >= 11 is 0. The highest BCUT2D eigenvalue weighted by Gasteiger charge is 2.28. The number of carboxylic acids is 1. The SMILES string of the molecule is NC(C(=O)O)c1ccc2nnc(C3CC3)n2c1. The van der Waals surface area contributed by atoms with Crippen LogP contribution in [0, 0.1) is 0 Å². The van der Waals surface area contributed by atoms with Gasteiger partial charge in [-0.3, -0.25) is 9.20 Å². The lowest BCUT2D eigenvalue weighted by Crippen LogP contribution is -2.21. The second-order valence-corrected chi connectivity index (χ2v) is 4.34. The normalized spacial score (nSPS) is 17.2. The Morgan fingerprint density at radius 2 is 2.24 bits per heavy atom. The molecule has 0 saturated heterocycles. The molecule has 3 rings (SSSR count). The molecule has 6 heteroatoms. The van der Waals surface area contributed by atoms with E-state index < -0.39 is 12.0 Å². The number of nitrogens with zero attached hydrogens (tertiary/aromatic N) is 3. The summed E-state index contributed by atoms with van der Waals surface area (Å²) in [5.74, 6) is 0.325. The molecule has 2 aromatic rings. The molecule has 0 spiro atoms. The van der Waals surface area contributed by atoms with Crippen molar-refractivity contribution in [2.75, 3.05) is 0 Å². The van der Waals surface area contributed by atoms with Gasteiger partial charge in [0.2, 0.25) is 0 Å². The van der Waals surface area contributed by atoms with Gasteiger partial charge < -0.3 is 10.8 Å². The van der Waals surface area contributed by atoms with Crippen molar-refractivity contribution in [3.63, 3.8) is 0 Å². The molecule has 88 valence electrons. The minimum absolute atomic E-state index is 0.460. The van der Waals surface area contributed by atoms with Gasteiger partial charge in [0.05, 0.1) is 0 Å². The Kier molecular flexibility index (Phi) is 2.12. The third-order valence-electron chi connectivity index (χ3n) is 3.02. The zero-order chi connectivity index (χ0) is 12.0. The molecule has 0 bridgehead atoms. The lowest BCUT2D eigenvalue weighted by molar-refractivity contribution is -0.138. The van der Waals surface area contributed by atoms with Crippen LogP contribution in [0.3, 0.4) is 0 Å². The summed E-state index contributed by atoms with van der Waals surface area (Å²) in [4.78, 5) is 10.8. The largest absolute Gasteiger partial charge is 0.480 e. The number of carbonyl (C=O) groups is 1. The molecule has 1 aliphatic rings. The van der Waals surface area contributed by atoms with Crippen LogP contribution < -0.4 is 5.73 Å². The van der Waals surface area contributed by atoms with Crippen LogP contribution in [0.1, 0.15) is 36.2 Å². The summed E-state index contributed by atoms with van der Waals surface area (Å²) in [6, 6.07) is 2.42. The van der Waals surface area contributed by atoms with E-state index in [9.17, 15) is 4.79 Å². The van der Waals surface area contributed by atoms with Gasteiger partial charge in [-0.25, -0.2) is 0 Å². The van der Waals surface area contributed by atoms with Crippen LogP contribution >= 0.6 is 0 Å². The van der Waals surface area contributed by atoms with Crippen LogP contribution in [0.25, 0.3) is 5.65 Å². The molecular weight excluding hydrogens is 220 g/mol. The van der Waals surface area contributed by atoms with Crippen LogP contribution in [0.5, 0.6) is 0 Å². The average molecular weight is 232 g/mol. The Bertz CT molecular complexity index is 588. The summed E-state index contributed by atoms with van der Waals surface area (Å²) in [7, 11) is 0. The van der Waals surface area contributed by atoms with Gasteiger partial charge in [0, 0.05) is 12.1 Å². The first-order valence-corrected chi connectivity index (χ1v) is 5.50. The number of pyridine rings is 1. The number of aromatic nitrogens is 3.